The molecule has 0 radical (unpaired) electrons. The van der Waals surface area contributed by atoms with Gasteiger partial charge >= 0.3 is 5.97 Å². The molecule has 114 valence electrons. The maximum Gasteiger partial charge on any atom is 0.348 e. The fourth-order valence-corrected chi connectivity index (χ4v) is 2.81. The van der Waals surface area contributed by atoms with Crippen molar-refractivity contribution in [1.82, 2.24) is 0 Å². The van der Waals surface area contributed by atoms with Crippen LogP contribution in [0.25, 0.3) is 6.08 Å². The average molecular weight is 315 g/mol. The summed E-state index contributed by atoms with van der Waals surface area (Å²) in [5.74, 6) is -0.592. The van der Waals surface area contributed by atoms with Crippen molar-refractivity contribution in [3.8, 4) is 0 Å². The highest BCUT2D eigenvalue weighted by atomic mass is 32.1. The minimum absolute atomic E-state index is 0.236. The molecule has 0 saturated heterocycles. The van der Waals surface area contributed by atoms with Crippen LogP contribution in [0.2, 0.25) is 0 Å². The molecule has 1 amide bonds. The summed E-state index contributed by atoms with van der Waals surface area (Å²) >= 11 is 1.22. The molecule has 2 rings (SSSR count). The highest BCUT2D eigenvalue weighted by Crippen LogP contribution is 2.27. The normalized spacial score (nSPS) is 10.6. The first-order valence-corrected chi connectivity index (χ1v) is 7.73. The molecule has 0 atom stereocenters. The van der Waals surface area contributed by atoms with Gasteiger partial charge in [0, 0.05) is 6.08 Å². The second kappa shape index (κ2) is 7.56. The third-order valence-corrected chi connectivity index (χ3v) is 3.98. The van der Waals surface area contributed by atoms with E-state index < -0.39 is 0 Å². The summed E-state index contributed by atoms with van der Waals surface area (Å²) in [7, 11) is 0. The lowest BCUT2D eigenvalue weighted by Gasteiger charge is -1.99. The van der Waals surface area contributed by atoms with E-state index in [2.05, 4.69) is 5.32 Å². The van der Waals surface area contributed by atoms with E-state index in [1.165, 1.54) is 17.4 Å². The third-order valence-electron chi connectivity index (χ3n) is 2.85. The Morgan fingerprint density at radius 2 is 2.00 bits per heavy atom. The van der Waals surface area contributed by atoms with Gasteiger partial charge in [-0.3, -0.25) is 4.79 Å². The number of aryl methyl sites for hydroxylation is 1. The van der Waals surface area contributed by atoms with Crippen LogP contribution in [0.15, 0.2) is 42.5 Å². The van der Waals surface area contributed by atoms with Gasteiger partial charge in [0.15, 0.2) is 0 Å². The van der Waals surface area contributed by atoms with Crippen LogP contribution in [0.3, 0.4) is 0 Å². The second-order valence-electron chi connectivity index (χ2n) is 4.58. The summed E-state index contributed by atoms with van der Waals surface area (Å²) in [6.07, 6.45) is 3.20. The standard InChI is InChI=1S/C17H17NO3S/c1-3-21-17(20)16-12(2)11-15(22-16)18-14(19)10-9-13-7-5-4-6-8-13/h4-11H,3H2,1-2H3,(H,18,19)/b10-9+. The molecule has 2 aromatic rings. The molecule has 4 nitrogen and oxygen atoms in total. The van der Waals surface area contributed by atoms with Crippen molar-refractivity contribution in [2.75, 3.05) is 11.9 Å². The van der Waals surface area contributed by atoms with E-state index in [0.717, 1.165) is 11.1 Å². The van der Waals surface area contributed by atoms with E-state index >= 15 is 0 Å². The zero-order valence-electron chi connectivity index (χ0n) is 12.5. The molecule has 22 heavy (non-hydrogen) atoms. The quantitative estimate of drug-likeness (QED) is 0.673. The van der Waals surface area contributed by atoms with Gasteiger partial charge in [0.25, 0.3) is 0 Å². The lowest BCUT2D eigenvalue weighted by molar-refractivity contribution is -0.111. The summed E-state index contributed by atoms with van der Waals surface area (Å²) in [5.41, 5.74) is 1.75. The molecule has 0 aliphatic carbocycles. The van der Waals surface area contributed by atoms with Crippen LogP contribution < -0.4 is 5.32 Å². The van der Waals surface area contributed by atoms with Crippen LogP contribution in [-0.4, -0.2) is 18.5 Å². The number of benzene rings is 1. The number of nitrogens with one attached hydrogen (secondary N) is 1. The van der Waals surface area contributed by atoms with E-state index in [9.17, 15) is 9.59 Å². The lowest BCUT2D eigenvalue weighted by Crippen LogP contribution is -2.06. The first-order valence-electron chi connectivity index (χ1n) is 6.92. The largest absolute Gasteiger partial charge is 0.462 e. The smallest absolute Gasteiger partial charge is 0.348 e. The van der Waals surface area contributed by atoms with Gasteiger partial charge in [-0.25, -0.2) is 4.79 Å². The Morgan fingerprint density at radius 1 is 1.27 bits per heavy atom. The first-order chi connectivity index (χ1) is 10.6. The maximum atomic E-state index is 11.9. The van der Waals surface area contributed by atoms with Crippen molar-refractivity contribution < 1.29 is 14.3 Å². The molecule has 0 aliphatic heterocycles. The number of ether oxygens (including phenoxy) is 1. The number of anilines is 1. The molecule has 1 aromatic heterocycles. The molecule has 0 spiro atoms. The maximum absolute atomic E-state index is 11.9. The summed E-state index contributed by atoms with van der Waals surface area (Å²) < 4.78 is 4.98. The van der Waals surface area contributed by atoms with E-state index in [4.69, 9.17) is 4.74 Å². The van der Waals surface area contributed by atoms with Gasteiger partial charge in [-0.1, -0.05) is 30.3 Å². The van der Waals surface area contributed by atoms with Gasteiger partial charge in [-0.05, 0) is 37.1 Å². The molecule has 0 aliphatic rings. The molecule has 1 N–H and O–H groups in total. The topological polar surface area (TPSA) is 55.4 Å². The Labute approximate surface area is 133 Å². The highest BCUT2D eigenvalue weighted by molar-refractivity contribution is 7.18. The van der Waals surface area contributed by atoms with Gasteiger partial charge in [-0.2, -0.15) is 0 Å². The van der Waals surface area contributed by atoms with Crippen LogP contribution in [0.5, 0.6) is 0 Å². The van der Waals surface area contributed by atoms with Crippen molar-refractivity contribution in [3.05, 3.63) is 58.5 Å². The van der Waals surface area contributed by atoms with Gasteiger partial charge in [0.2, 0.25) is 5.91 Å². The zero-order valence-corrected chi connectivity index (χ0v) is 13.3. The predicted molar refractivity (Wildman–Crippen MR) is 89.1 cm³/mol. The molecule has 0 saturated carbocycles. The number of amides is 1. The molecule has 1 heterocycles. The van der Waals surface area contributed by atoms with E-state index in [1.807, 2.05) is 37.3 Å². The molecule has 5 heteroatoms. The average Bonchev–Trinajstić information content (AvgIpc) is 2.87. The zero-order chi connectivity index (χ0) is 15.9. The third kappa shape index (κ3) is 4.30. The SMILES string of the molecule is CCOC(=O)c1sc(NC(=O)/C=C/c2ccccc2)cc1C. The van der Waals surface area contributed by atoms with Crippen LogP contribution in [0.1, 0.15) is 27.7 Å². The van der Waals surface area contributed by atoms with Crippen molar-refractivity contribution >= 4 is 34.3 Å². The number of esters is 1. The first kappa shape index (κ1) is 16.0. The molecule has 0 fully saturated rings. The number of carbonyl (C=O) groups is 2. The Kier molecular flexibility index (Phi) is 5.49. The minimum Gasteiger partial charge on any atom is -0.462 e. The number of rotatable bonds is 5. The van der Waals surface area contributed by atoms with E-state index in [1.54, 1.807) is 19.1 Å². The summed E-state index contributed by atoms with van der Waals surface area (Å²) in [6.45, 7) is 3.91. The fourth-order valence-electron chi connectivity index (χ4n) is 1.84. The predicted octanol–water partition coefficient (Wildman–Crippen LogP) is 3.89. The van der Waals surface area contributed by atoms with Gasteiger partial charge in [0.05, 0.1) is 11.6 Å². The Balaban J connectivity index is 2.02. The summed E-state index contributed by atoms with van der Waals surface area (Å²) in [5, 5.41) is 3.38. The molecular weight excluding hydrogens is 298 g/mol. The van der Waals surface area contributed by atoms with Crippen molar-refractivity contribution in [2.45, 2.75) is 13.8 Å². The Hall–Kier alpha value is -2.40. The monoisotopic (exact) mass is 315 g/mol. The van der Waals surface area contributed by atoms with Crippen molar-refractivity contribution in [2.24, 2.45) is 0 Å². The number of hydrogen-bond donors (Lipinski definition) is 1. The van der Waals surface area contributed by atoms with Crippen LogP contribution >= 0.6 is 11.3 Å². The van der Waals surface area contributed by atoms with Gasteiger partial charge < -0.3 is 10.1 Å². The van der Waals surface area contributed by atoms with Gasteiger partial charge in [-0.15, -0.1) is 11.3 Å². The van der Waals surface area contributed by atoms with Crippen LogP contribution in [0.4, 0.5) is 5.00 Å². The van der Waals surface area contributed by atoms with Gasteiger partial charge in [0.1, 0.15) is 4.88 Å². The molecular formula is C17H17NO3S. The minimum atomic E-state index is -0.356. The summed E-state index contributed by atoms with van der Waals surface area (Å²) in [4.78, 5) is 24.1. The molecule has 0 bridgehead atoms. The number of hydrogen-bond acceptors (Lipinski definition) is 4. The molecule has 0 unspecified atom stereocenters. The van der Waals surface area contributed by atoms with Crippen LogP contribution in [-0.2, 0) is 9.53 Å². The van der Waals surface area contributed by atoms with E-state index in [0.29, 0.717) is 16.5 Å². The van der Waals surface area contributed by atoms with E-state index in [-0.39, 0.29) is 11.9 Å². The summed E-state index contributed by atoms with van der Waals surface area (Å²) in [6, 6.07) is 11.3. The molecule has 1 aromatic carbocycles. The van der Waals surface area contributed by atoms with Crippen molar-refractivity contribution in [3.63, 3.8) is 0 Å². The van der Waals surface area contributed by atoms with Crippen molar-refractivity contribution in [1.29, 1.82) is 0 Å². The number of carbonyl (C=O) groups excluding carboxylic acids is 2. The fraction of sp³-hybridized carbons (Fsp3) is 0.176. The second-order valence-corrected chi connectivity index (χ2v) is 5.63. The Morgan fingerprint density at radius 3 is 2.68 bits per heavy atom. The number of thiophene rings is 1. The Bertz CT molecular complexity index is 689. The highest BCUT2D eigenvalue weighted by Gasteiger charge is 2.15. The lowest BCUT2D eigenvalue weighted by atomic mass is 10.2. The van der Waals surface area contributed by atoms with Crippen LogP contribution in [0, 0.1) is 6.92 Å².